The van der Waals surface area contributed by atoms with Crippen molar-refractivity contribution in [2.24, 2.45) is 10.9 Å². The molecule has 0 aromatic heterocycles. The Kier molecular flexibility index (Phi) is 5.71. The number of hydrogen-bond donors (Lipinski definition) is 2. The number of ether oxygens (including phenoxy) is 1. The highest BCUT2D eigenvalue weighted by atomic mass is 16.6. The number of nitrogens with two attached hydrogens (primary N) is 1. The molecule has 0 spiro atoms. The number of hydrogen-bond acceptors (Lipinski definition) is 6. The maximum atomic E-state index is 10.7. The van der Waals surface area contributed by atoms with Gasteiger partial charge in [0, 0.05) is 17.6 Å². The van der Waals surface area contributed by atoms with Crippen LogP contribution in [0, 0.1) is 10.1 Å². The fourth-order valence-corrected chi connectivity index (χ4v) is 0.978. The quantitative estimate of drug-likeness (QED) is 0.276. The molecule has 0 rings (SSSR count). The zero-order chi connectivity index (χ0) is 12.7. The van der Waals surface area contributed by atoms with E-state index in [0.29, 0.717) is 0 Å². The molecule has 0 aliphatic rings. The third-order valence-electron chi connectivity index (χ3n) is 1.83. The zero-order valence-electron chi connectivity index (χ0n) is 8.91. The summed E-state index contributed by atoms with van der Waals surface area (Å²) < 4.78 is 4.66. The minimum absolute atomic E-state index is 0.146. The van der Waals surface area contributed by atoms with Gasteiger partial charge in [0.05, 0.1) is 0 Å². The molecule has 1 amide bonds. The van der Waals surface area contributed by atoms with Gasteiger partial charge in [0.1, 0.15) is 6.61 Å². The van der Waals surface area contributed by atoms with Crippen LogP contribution in [0.2, 0.25) is 0 Å². The molecular weight excluding hydrogens is 218 g/mol. The van der Waals surface area contributed by atoms with Crippen molar-refractivity contribution < 1.29 is 19.7 Å². The highest BCUT2D eigenvalue weighted by Gasteiger charge is 2.23. The first-order valence-electron chi connectivity index (χ1n) is 4.26. The molecule has 8 heteroatoms. The average molecular weight is 231 g/mol. The van der Waals surface area contributed by atoms with Gasteiger partial charge in [-0.15, -0.1) is 0 Å². The minimum Gasteiger partial charge on any atom is -0.410 e. The molecule has 90 valence electrons. The van der Waals surface area contributed by atoms with E-state index >= 15 is 0 Å². The molecule has 0 saturated heterocycles. The van der Waals surface area contributed by atoms with Gasteiger partial charge in [-0.2, -0.15) is 0 Å². The number of nitro groups is 1. The standard InChI is InChI=1S/C8H13N3O5/c1-5(3-6(10-13)8(9)12)7(4-16-2)11(14)15/h3,7,13H,4H2,1-2H3,(H2,9,12)/b5-3+,10-6+. The Hall–Kier alpha value is -1.96. The van der Waals surface area contributed by atoms with Crippen molar-refractivity contribution in [1.82, 2.24) is 0 Å². The molecule has 1 atom stereocenters. The fraction of sp³-hybridized carbons (Fsp3) is 0.500. The Morgan fingerprint density at radius 2 is 2.31 bits per heavy atom. The molecule has 1 unspecified atom stereocenters. The maximum Gasteiger partial charge on any atom is 0.270 e. The number of oxime groups is 1. The van der Waals surface area contributed by atoms with E-state index < -0.39 is 22.6 Å². The Morgan fingerprint density at radius 1 is 1.75 bits per heavy atom. The van der Waals surface area contributed by atoms with Crippen molar-refractivity contribution in [1.29, 1.82) is 0 Å². The van der Waals surface area contributed by atoms with E-state index in [2.05, 4.69) is 9.89 Å². The fourth-order valence-electron chi connectivity index (χ4n) is 0.978. The summed E-state index contributed by atoms with van der Waals surface area (Å²) in [5.74, 6) is -0.971. The number of methoxy groups -OCH3 is 1. The Balaban J connectivity index is 4.98. The maximum absolute atomic E-state index is 10.7. The first-order valence-corrected chi connectivity index (χ1v) is 4.26. The third-order valence-corrected chi connectivity index (χ3v) is 1.83. The third kappa shape index (κ3) is 4.05. The summed E-state index contributed by atoms with van der Waals surface area (Å²) in [5, 5.41) is 21.7. The normalized spacial score (nSPS) is 14.6. The summed E-state index contributed by atoms with van der Waals surface area (Å²) in [6.45, 7) is 1.27. The first-order chi connectivity index (χ1) is 7.43. The molecule has 0 saturated carbocycles. The highest BCUT2D eigenvalue weighted by Crippen LogP contribution is 2.06. The predicted molar refractivity (Wildman–Crippen MR) is 54.8 cm³/mol. The van der Waals surface area contributed by atoms with Crippen LogP contribution < -0.4 is 5.73 Å². The zero-order valence-corrected chi connectivity index (χ0v) is 8.91. The van der Waals surface area contributed by atoms with E-state index in [9.17, 15) is 14.9 Å². The van der Waals surface area contributed by atoms with Gasteiger partial charge in [0.25, 0.3) is 11.9 Å². The van der Waals surface area contributed by atoms with Gasteiger partial charge < -0.3 is 15.7 Å². The topological polar surface area (TPSA) is 128 Å². The van der Waals surface area contributed by atoms with Crippen LogP contribution in [0.25, 0.3) is 0 Å². The lowest BCUT2D eigenvalue weighted by Gasteiger charge is -2.08. The molecule has 0 aliphatic carbocycles. The summed E-state index contributed by atoms with van der Waals surface area (Å²) in [5.41, 5.74) is 4.63. The Bertz CT molecular complexity index is 337. The number of nitrogens with zero attached hydrogens (tertiary/aromatic N) is 2. The van der Waals surface area contributed by atoms with Gasteiger partial charge >= 0.3 is 0 Å². The van der Waals surface area contributed by atoms with Crippen molar-refractivity contribution in [3.05, 3.63) is 21.8 Å². The Labute approximate surface area is 91.5 Å². The highest BCUT2D eigenvalue weighted by molar-refractivity contribution is 6.42. The number of amides is 1. The predicted octanol–water partition coefficient (Wildman–Crippen LogP) is -0.460. The van der Waals surface area contributed by atoms with Crippen molar-refractivity contribution >= 4 is 11.6 Å². The van der Waals surface area contributed by atoms with Gasteiger partial charge in [0.2, 0.25) is 0 Å². The monoisotopic (exact) mass is 231 g/mol. The molecule has 0 bridgehead atoms. The summed E-state index contributed by atoms with van der Waals surface area (Å²) in [6, 6.07) is -1.11. The van der Waals surface area contributed by atoms with E-state index in [0.717, 1.165) is 6.08 Å². The van der Waals surface area contributed by atoms with Gasteiger partial charge in [-0.25, -0.2) is 0 Å². The lowest BCUT2D eigenvalue weighted by molar-refractivity contribution is -0.515. The van der Waals surface area contributed by atoms with Crippen LogP contribution in [0.5, 0.6) is 0 Å². The molecule has 8 nitrogen and oxygen atoms in total. The average Bonchev–Trinajstić information content (AvgIpc) is 2.21. The largest absolute Gasteiger partial charge is 0.410 e. The molecular formula is C8H13N3O5. The second kappa shape index (κ2) is 6.51. The molecule has 16 heavy (non-hydrogen) atoms. The molecule has 0 radical (unpaired) electrons. The van der Waals surface area contributed by atoms with Crippen LogP contribution >= 0.6 is 0 Å². The van der Waals surface area contributed by atoms with Crippen LogP contribution in [0.15, 0.2) is 16.8 Å². The van der Waals surface area contributed by atoms with Crippen LogP contribution in [-0.2, 0) is 9.53 Å². The second-order valence-corrected chi connectivity index (χ2v) is 2.99. The van der Waals surface area contributed by atoms with Gasteiger partial charge in [0.15, 0.2) is 5.71 Å². The number of primary amides is 1. The minimum atomic E-state index is -1.11. The number of carbonyl (C=O) groups excluding carboxylic acids is 1. The Morgan fingerprint density at radius 3 is 2.62 bits per heavy atom. The molecule has 3 N–H and O–H groups in total. The molecule has 0 fully saturated rings. The second-order valence-electron chi connectivity index (χ2n) is 2.99. The van der Waals surface area contributed by atoms with Crippen LogP contribution in [-0.4, -0.2) is 41.5 Å². The smallest absolute Gasteiger partial charge is 0.270 e. The summed E-state index contributed by atoms with van der Waals surface area (Å²) in [4.78, 5) is 20.8. The number of carbonyl (C=O) groups is 1. The van der Waals surface area contributed by atoms with Gasteiger partial charge in [-0.3, -0.25) is 14.9 Å². The van der Waals surface area contributed by atoms with E-state index in [-0.39, 0.29) is 12.2 Å². The van der Waals surface area contributed by atoms with Crippen LogP contribution in [0.1, 0.15) is 6.92 Å². The lowest BCUT2D eigenvalue weighted by Crippen LogP contribution is -2.28. The lowest BCUT2D eigenvalue weighted by atomic mass is 10.1. The molecule has 0 heterocycles. The summed E-state index contributed by atoms with van der Waals surface area (Å²) >= 11 is 0. The van der Waals surface area contributed by atoms with E-state index in [1.54, 1.807) is 0 Å². The molecule has 0 aromatic carbocycles. The summed E-state index contributed by atoms with van der Waals surface area (Å²) in [6.07, 6.45) is 1.05. The van der Waals surface area contributed by atoms with Crippen molar-refractivity contribution in [2.75, 3.05) is 13.7 Å². The molecule has 0 aliphatic heterocycles. The van der Waals surface area contributed by atoms with Crippen molar-refractivity contribution in [2.45, 2.75) is 13.0 Å². The van der Waals surface area contributed by atoms with E-state index in [4.69, 9.17) is 10.9 Å². The van der Waals surface area contributed by atoms with E-state index in [1.807, 2.05) is 0 Å². The van der Waals surface area contributed by atoms with E-state index in [1.165, 1.54) is 14.0 Å². The SMILES string of the molecule is COCC(/C(C)=C/C(=N\O)C(N)=O)[N+](=O)[O-]. The first kappa shape index (κ1) is 14.0. The molecule has 0 aromatic rings. The van der Waals surface area contributed by atoms with Crippen LogP contribution in [0.4, 0.5) is 0 Å². The van der Waals surface area contributed by atoms with Gasteiger partial charge in [-0.1, -0.05) is 5.16 Å². The number of rotatable bonds is 6. The summed E-state index contributed by atoms with van der Waals surface area (Å²) in [7, 11) is 1.32. The van der Waals surface area contributed by atoms with Crippen molar-refractivity contribution in [3.63, 3.8) is 0 Å². The van der Waals surface area contributed by atoms with Gasteiger partial charge in [-0.05, 0) is 13.0 Å². The van der Waals surface area contributed by atoms with Crippen LogP contribution in [0.3, 0.4) is 0 Å². The van der Waals surface area contributed by atoms with Crippen molar-refractivity contribution in [3.8, 4) is 0 Å².